The molecule has 0 radical (unpaired) electrons. The number of cyclic esters (lactones) is 1. The number of nitrogens with two attached hydrogens (primary N) is 1. The summed E-state index contributed by atoms with van der Waals surface area (Å²) in [5.41, 5.74) is 16.8. The number of amides is 1. The lowest BCUT2D eigenvalue weighted by Crippen LogP contribution is -2.59. The first kappa shape index (κ1) is 36.9. The number of nitrogens with one attached hydrogen (secondary N) is 1. The normalized spacial score (nSPS) is 25.8. The summed E-state index contributed by atoms with van der Waals surface area (Å²) in [5.74, 6) is -0.590. The van der Waals surface area contributed by atoms with E-state index in [0.717, 1.165) is 72.0 Å². The van der Waals surface area contributed by atoms with Crippen LogP contribution >= 0.6 is 11.3 Å². The molecule has 280 valence electrons. The highest BCUT2D eigenvalue weighted by atomic mass is 32.1. The number of likely N-dealkylation sites (N-methyl/N-ethyl adjacent to an activating group) is 1. The first-order valence-corrected chi connectivity index (χ1v) is 19.7. The number of methoxy groups -OCH3 is 1. The Kier molecular flexibility index (Phi) is 10.7. The largest absolute Gasteiger partial charge is 0.464 e. The number of aromatic nitrogens is 2. The summed E-state index contributed by atoms with van der Waals surface area (Å²) in [4.78, 5) is 42.0. The van der Waals surface area contributed by atoms with E-state index in [-0.39, 0.29) is 30.6 Å². The van der Waals surface area contributed by atoms with Gasteiger partial charge < -0.3 is 24.7 Å². The summed E-state index contributed by atoms with van der Waals surface area (Å²) < 4.78 is 14.5. The van der Waals surface area contributed by atoms with Crippen LogP contribution in [-0.2, 0) is 38.4 Å². The van der Waals surface area contributed by atoms with Gasteiger partial charge in [0.05, 0.1) is 40.8 Å². The number of rotatable bonds is 5. The number of thiazole rings is 1. The molecule has 2 saturated heterocycles. The Bertz CT molecular complexity index is 1870. The fraction of sp³-hybridized carbons (Fsp3) is 0.590. The molecule has 0 saturated carbocycles. The molecule has 3 N–H and O–H groups in total. The molecule has 13 heteroatoms. The molecule has 4 aliphatic rings. The van der Waals surface area contributed by atoms with E-state index < -0.39 is 17.5 Å². The summed E-state index contributed by atoms with van der Waals surface area (Å²) in [6, 6.07) is 5.42. The van der Waals surface area contributed by atoms with E-state index in [1.165, 1.54) is 33.2 Å². The SMILES string of the molecule is CCn1c(C2=C([C@H](C)OC)N=CC(N3CCN(C)CC3)C2)c2c3cc(ccc31)-c1csc(n1)C[C@H](N)C(=O)N1CCC[C@H](N1)C(=O)OCC(C)(C)C2. The van der Waals surface area contributed by atoms with Gasteiger partial charge in [0.2, 0.25) is 0 Å². The molecule has 1 amide bonds. The zero-order valence-electron chi connectivity index (χ0n) is 31.5. The van der Waals surface area contributed by atoms with Gasteiger partial charge in [0.15, 0.2) is 0 Å². The standard InChI is InChI=1S/C39H54N8O4S/c1-7-46-33-11-10-25-17-27(33)29(36(46)28-18-26(21-41-35(28)24(2)50-6)45-15-13-44(5)14-16-45)20-39(3,4)23-51-38(49)31-9-8-12-47(43-31)37(48)30(40)19-34-42-32(25)22-52-34/h10-11,17,21-22,24,26,30-31,43H,7-9,12-16,18-20,23,40H2,1-6H3/t24-,26?,30-,31-/m0/s1. The summed E-state index contributed by atoms with van der Waals surface area (Å²) >= 11 is 1.52. The van der Waals surface area contributed by atoms with E-state index in [4.69, 9.17) is 25.2 Å². The molecule has 7 rings (SSSR count). The van der Waals surface area contributed by atoms with Crippen LogP contribution in [0.25, 0.3) is 27.7 Å². The predicted octanol–water partition coefficient (Wildman–Crippen LogP) is 4.11. The molecule has 3 aromatic rings. The lowest BCUT2D eigenvalue weighted by Gasteiger charge is -2.38. The molecule has 0 spiro atoms. The van der Waals surface area contributed by atoms with Crippen molar-refractivity contribution in [3.8, 4) is 11.3 Å². The van der Waals surface area contributed by atoms with Gasteiger partial charge in [0, 0.05) is 97.9 Å². The van der Waals surface area contributed by atoms with Crippen molar-refractivity contribution in [1.82, 2.24) is 29.8 Å². The summed E-state index contributed by atoms with van der Waals surface area (Å²) in [6.45, 7) is 14.2. The lowest BCUT2D eigenvalue weighted by atomic mass is 9.83. The molecule has 6 bridgehead atoms. The van der Waals surface area contributed by atoms with Gasteiger partial charge in [-0.05, 0) is 64.3 Å². The zero-order valence-corrected chi connectivity index (χ0v) is 32.3. The first-order chi connectivity index (χ1) is 25.0. The number of hydrogen-bond donors (Lipinski definition) is 2. The number of carbonyl (C=O) groups excluding carboxylic acids is 2. The predicted molar refractivity (Wildman–Crippen MR) is 206 cm³/mol. The van der Waals surface area contributed by atoms with Crippen LogP contribution in [0.4, 0.5) is 0 Å². The minimum absolute atomic E-state index is 0.185. The average molecular weight is 731 g/mol. The molecule has 1 unspecified atom stereocenters. The van der Waals surface area contributed by atoms with Crippen molar-refractivity contribution in [1.29, 1.82) is 0 Å². The van der Waals surface area contributed by atoms with Gasteiger partial charge >= 0.3 is 5.97 Å². The van der Waals surface area contributed by atoms with Crippen molar-refractivity contribution in [2.24, 2.45) is 16.1 Å². The molecular formula is C39H54N8O4S. The van der Waals surface area contributed by atoms with Crippen molar-refractivity contribution in [3.05, 3.63) is 45.5 Å². The number of ether oxygens (including phenoxy) is 2. The molecule has 4 atom stereocenters. The Hall–Kier alpha value is -3.46. The van der Waals surface area contributed by atoms with Crippen LogP contribution < -0.4 is 11.2 Å². The number of hydrazine groups is 1. The quantitative estimate of drug-likeness (QED) is 0.373. The van der Waals surface area contributed by atoms with Crippen molar-refractivity contribution in [2.75, 3.05) is 53.5 Å². The van der Waals surface area contributed by atoms with E-state index in [9.17, 15) is 9.59 Å². The summed E-state index contributed by atoms with van der Waals surface area (Å²) in [5, 5.41) is 5.51. The van der Waals surface area contributed by atoms with Crippen LogP contribution in [-0.4, -0.2) is 120 Å². The minimum Gasteiger partial charge on any atom is -0.464 e. The molecule has 2 aromatic heterocycles. The minimum atomic E-state index is -0.779. The van der Waals surface area contributed by atoms with Gasteiger partial charge in [-0.15, -0.1) is 11.3 Å². The molecule has 12 nitrogen and oxygen atoms in total. The Morgan fingerprint density at radius 1 is 1.15 bits per heavy atom. The topological polar surface area (TPSA) is 131 Å². The van der Waals surface area contributed by atoms with E-state index >= 15 is 0 Å². The molecule has 52 heavy (non-hydrogen) atoms. The Balaban J connectivity index is 1.37. The number of nitrogens with zero attached hydrogens (tertiary/aromatic N) is 6. The van der Waals surface area contributed by atoms with Crippen LogP contribution in [0, 0.1) is 5.41 Å². The maximum Gasteiger partial charge on any atom is 0.324 e. The van der Waals surface area contributed by atoms with Crippen molar-refractivity contribution in [2.45, 2.75) is 90.6 Å². The second-order valence-electron chi connectivity index (χ2n) is 15.6. The van der Waals surface area contributed by atoms with Gasteiger partial charge in [0.1, 0.15) is 6.04 Å². The monoisotopic (exact) mass is 730 g/mol. The average Bonchev–Trinajstić information content (AvgIpc) is 3.74. The Morgan fingerprint density at radius 2 is 1.94 bits per heavy atom. The molecule has 6 heterocycles. The van der Waals surface area contributed by atoms with Gasteiger partial charge in [0.25, 0.3) is 5.91 Å². The van der Waals surface area contributed by atoms with Crippen LogP contribution in [0.1, 0.15) is 63.2 Å². The van der Waals surface area contributed by atoms with Crippen LogP contribution in [0.5, 0.6) is 0 Å². The lowest BCUT2D eigenvalue weighted by molar-refractivity contribution is -0.154. The number of piperazine rings is 1. The summed E-state index contributed by atoms with van der Waals surface area (Å²) in [6.07, 6.45) is 5.05. The highest BCUT2D eigenvalue weighted by Gasteiger charge is 2.36. The molecular weight excluding hydrogens is 677 g/mol. The van der Waals surface area contributed by atoms with Crippen molar-refractivity contribution >= 4 is 45.9 Å². The van der Waals surface area contributed by atoms with Crippen molar-refractivity contribution in [3.63, 3.8) is 0 Å². The number of aryl methyl sites for hydroxylation is 1. The summed E-state index contributed by atoms with van der Waals surface area (Å²) in [7, 11) is 3.94. The van der Waals surface area contributed by atoms with E-state index in [1.807, 2.05) is 0 Å². The maximum atomic E-state index is 13.5. The number of carbonyl (C=O) groups is 2. The fourth-order valence-electron chi connectivity index (χ4n) is 8.13. The van der Waals surface area contributed by atoms with Gasteiger partial charge in [-0.1, -0.05) is 19.9 Å². The zero-order chi connectivity index (χ0) is 36.7. The third-order valence-corrected chi connectivity index (χ3v) is 12.1. The molecule has 1 aromatic carbocycles. The third-order valence-electron chi connectivity index (χ3n) is 11.2. The highest BCUT2D eigenvalue weighted by Crippen LogP contribution is 2.42. The van der Waals surface area contributed by atoms with Crippen molar-refractivity contribution < 1.29 is 19.1 Å². The van der Waals surface area contributed by atoms with Crippen LogP contribution in [0.2, 0.25) is 0 Å². The Morgan fingerprint density at radius 3 is 2.69 bits per heavy atom. The van der Waals surface area contributed by atoms with E-state index in [1.54, 1.807) is 7.11 Å². The first-order valence-electron chi connectivity index (χ1n) is 18.8. The number of benzene rings is 1. The highest BCUT2D eigenvalue weighted by molar-refractivity contribution is 7.10. The van der Waals surface area contributed by atoms with E-state index in [0.29, 0.717) is 32.2 Å². The second-order valence-corrected chi connectivity index (χ2v) is 16.6. The molecule has 2 fully saturated rings. The fourth-order valence-corrected chi connectivity index (χ4v) is 8.99. The molecule has 0 aliphatic carbocycles. The van der Waals surface area contributed by atoms with E-state index in [2.05, 4.69) is 84.3 Å². The van der Waals surface area contributed by atoms with Crippen LogP contribution in [0.3, 0.4) is 0 Å². The number of fused-ring (bicyclic) bond motifs is 6. The van der Waals surface area contributed by atoms with Gasteiger partial charge in [-0.3, -0.25) is 24.5 Å². The maximum absolute atomic E-state index is 13.5. The second kappa shape index (κ2) is 15.1. The number of aliphatic imine (C=N–C) groups is 1. The van der Waals surface area contributed by atoms with Crippen LogP contribution in [0.15, 0.2) is 34.3 Å². The van der Waals surface area contributed by atoms with Gasteiger partial charge in [-0.2, -0.15) is 0 Å². The Labute approximate surface area is 311 Å². The molecule has 4 aliphatic heterocycles. The third kappa shape index (κ3) is 7.36. The van der Waals surface area contributed by atoms with Gasteiger partial charge in [-0.25, -0.2) is 10.4 Å². The smallest absolute Gasteiger partial charge is 0.324 e. The number of hydrogen-bond acceptors (Lipinski definition) is 11. The number of esters is 1.